The van der Waals surface area contributed by atoms with E-state index >= 15 is 0 Å². The lowest BCUT2D eigenvalue weighted by molar-refractivity contribution is 0.0783. The molecule has 3 nitrogen and oxygen atoms in total. The maximum absolute atomic E-state index is 12.2. The molecule has 1 aromatic carbocycles. The summed E-state index contributed by atoms with van der Waals surface area (Å²) in [5.74, 6) is 0.116. The van der Waals surface area contributed by atoms with Gasteiger partial charge in [-0.25, -0.2) is 0 Å². The van der Waals surface area contributed by atoms with Crippen LogP contribution in [0.4, 0.5) is 0 Å². The molecule has 4 heteroatoms. The predicted octanol–water partition coefficient (Wildman–Crippen LogP) is 1.75. The summed E-state index contributed by atoms with van der Waals surface area (Å²) in [6.45, 7) is 1.67. The molecule has 1 unspecified atom stereocenters. The molecule has 1 aliphatic rings. The van der Waals surface area contributed by atoms with Gasteiger partial charge >= 0.3 is 0 Å². The first-order valence-corrected chi connectivity index (χ1v) is 6.27. The van der Waals surface area contributed by atoms with Crippen LogP contribution in [0.25, 0.3) is 0 Å². The second kappa shape index (κ2) is 5.10. The highest BCUT2D eigenvalue weighted by Gasteiger charge is 2.27. The molecule has 1 saturated heterocycles. The van der Waals surface area contributed by atoms with E-state index in [1.807, 2.05) is 29.2 Å². The molecule has 92 valence electrons. The zero-order chi connectivity index (χ0) is 12.4. The van der Waals surface area contributed by atoms with Crippen LogP contribution >= 0.6 is 12.6 Å². The minimum absolute atomic E-state index is 0.116. The Hall–Kier alpha value is -1.00. The van der Waals surface area contributed by atoms with Gasteiger partial charge in [0, 0.05) is 29.6 Å². The highest BCUT2D eigenvalue weighted by molar-refractivity contribution is 7.80. The highest BCUT2D eigenvalue weighted by atomic mass is 32.1. The average Bonchev–Trinajstić information content (AvgIpc) is 2.77. The summed E-state index contributed by atoms with van der Waals surface area (Å²) >= 11 is 4.26. The van der Waals surface area contributed by atoms with Crippen LogP contribution in [0, 0.1) is 0 Å². The zero-order valence-corrected chi connectivity index (χ0v) is 11.2. The predicted molar refractivity (Wildman–Crippen MR) is 71.7 cm³/mol. The summed E-state index contributed by atoms with van der Waals surface area (Å²) in [4.78, 5) is 17.2. The van der Waals surface area contributed by atoms with Gasteiger partial charge in [-0.1, -0.05) is 6.07 Å². The summed E-state index contributed by atoms with van der Waals surface area (Å²) in [5, 5.41) is 0. The fraction of sp³-hybridized carbons (Fsp3) is 0.462. The molecule has 0 radical (unpaired) electrons. The molecule has 1 amide bonds. The van der Waals surface area contributed by atoms with Crippen LogP contribution in [0.2, 0.25) is 0 Å². The van der Waals surface area contributed by atoms with E-state index in [0.717, 1.165) is 30.0 Å². The largest absolute Gasteiger partial charge is 0.337 e. The fourth-order valence-electron chi connectivity index (χ4n) is 2.17. The first kappa shape index (κ1) is 12.5. The Balaban J connectivity index is 2.07. The van der Waals surface area contributed by atoms with E-state index in [4.69, 9.17) is 0 Å². The van der Waals surface area contributed by atoms with Crippen molar-refractivity contribution in [3.05, 3.63) is 29.8 Å². The first-order chi connectivity index (χ1) is 8.08. The van der Waals surface area contributed by atoms with E-state index in [0.29, 0.717) is 6.04 Å². The van der Waals surface area contributed by atoms with Crippen LogP contribution in [0.3, 0.4) is 0 Å². The number of hydrogen-bond donors (Lipinski definition) is 1. The van der Waals surface area contributed by atoms with Crippen molar-refractivity contribution >= 4 is 18.5 Å². The van der Waals surface area contributed by atoms with Crippen molar-refractivity contribution in [1.29, 1.82) is 0 Å². The maximum atomic E-state index is 12.2. The van der Waals surface area contributed by atoms with Crippen molar-refractivity contribution < 1.29 is 4.79 Å². The molecule has 1 fully saturated rings. The van der Waals surface area contributed by atoms with Gasteiger partial charge in [-0.05, 0) is 38.7 Å². The lowest BCUT2D eigenvalue weighted by atomic mass is 10.2. The Morgan fingerprint density at radius 2 is 2.24 bits per heavy atom. The van der Waals surface area contributed by atoms with E-state index in [1.165, 1.54) is 0 Å². The molecule has 17 heavy (non-hydrogen) atoms. The number of benzene rings is 1. The quantitative estimate of drug-likeness (QED) is 0.808. The van der Waals surface area contributed by atoms with Gasteiger partial charge < -0.3 is 9.80 Å². The van der Waals surface area contributed by atoms with Crippen LogP contribution in [0.1, 0.15) is 16.8 Å². The number of carbonyl (C=O) groups excluding carboxylic acids is 1. The number of likely N-dealkylation sites (N-methyl/N-ethyl adjacent to an activating group) is 1. The Morgan fingerprint density at radius 3 is 2.82 bits per heavy atom. The molecule has 0 aliphatic carbocycles. The van der Waals surface area contributed by atoms with Crippen molar-refractivity contribution in [2.24, 2.45) is 0 Å². The Kier molecular flexibility index (Phi) is 3.74. The van der Waals surface area contributed by atoms with E-state index in [-0.39, 0.29) is 5.91 Å². The standard InChI is InChI=1S/C13H18N2OS/c1-14(2)11-6-7-15(9-11)13(16)10-4-3-5-12(17)8-10/h3-5,8,11,17H,6-7,9H2,1-2H3. The summed E-state index contributed by atoms with van der Waals surface area (Å²) in [6, 6.07) is 7.92. The molecule has 1 heterocycles. The molecule has 0 spiro atoms. The summed E-state index contributed by atoms with van der Waals surface area (Å²) in [6.07, 6.45) is 1.05. The van der Waals surface area contributed by atoms with Gasteiger partial charge in [-0.3, -0.25) is 4.79 Å². The van der Waals surface area contributed by atoms with E-state index in [1.54, 1.807) is 0 Å². The smallest absolute Gasteiger partial charge is 0.253 e. The average molecular weight is 250 g/mol. The third-order valence-corrected chi connectivity index (χ3v) is 3.55. The van der Waals surface area contributed by atoms with Crippen molar-refractivity contribution in [1.82, 2.24) is 9.80 Å². The van der Waals surface area contributed by atoms with Crippen molar-refractivity contribution in [2.75, 3.05) is 27.2 Å². The SMILES string of the molecule is CN(C)C1CCN(C(=O)c2cccc(S)c2)C1. The Labute approximate surface area is 108 Å². The zero-order valence-electron chi connectivity index (χ0n) is 10.3. The maximum Gasteiger partial charge on any atom is 0.253 e. The number of amides is 1. The van der Waals surface area contributed by atoms with E-state index in [9.17, 15) is 4.79 Å². The van der Waals surface area contributed by atoms with Crippen LogP contribution in [-0.2, 0) is 0 Å². The lowest BCUT2D eigenvalue weighted by Gasteiger charge is -2.20. The van der Waals surface area contributed by atoms with Gasteiger partial charge in [0.15, 0.2) is 0 Å². The number of thiol groups is 1. The van der Waals surface area contributed by atoms with Gasteiger partial charge in [-0.15, -0.1) is 12.6 Å². The topological polar surface area (TPSA) is 23.6 Å². The second-order valence-electron chi connectivity index (χ2n) is 4.71. The van der Waals surface area contributed by atoms with Gasteiger partial charge in [0.1, 0.15) is 0 Å². The summed E-state index contributed by atoms with van der Waals surface area (Å²) in [7, 11) is 4.12. The summed E-state index contributed by atoms with van der Waals surface area (Å²) in [5.41, 5.74) is 0.733. The van der Waals surface area contributed by atoms with Crippen molar-refractivity contribution in [2.45, 2.75) is 17.4 Å². The summed E-state index contributed by atoms with van der Waals surface area (Å²) < 4.78 is 0. The highest BCUT2D eigenvalue weighted by Crippen LogP contribution is 2.17. The number of nitrogens with zero attached hydrogens (tertiary/aromatic N) is 2. The van der Waals surface area contributed by atoms with Gasteiger partial charge in [0.05, 0.1) is 0 Å². The first-order valence-electron chi connectivity index (χ1n) is 5.82. The Bertz CT molecular complexity index is 420. The van der Waals surface area contributed by atoms with Gasteiger partial charge in [0.25, 0.3) is 5.91 Å². The number of hydrogen-bond acceptors (Lipinski definition) is 3. The van der Waals surface area contributed by atoms with Gasteiger partial charge in [-0.2, -0.15) is 0 Å². The second-order valence-corrected chi connectivity index (χ2v) is 5.22. The molecule has 0 bridgehead atoms. The fourth-order valence-corrected chi connectivity index (χ4v) is 2.39. The van der Waals surface area contributed by atoms with E-state index in [2.05, 4.69) is 31.6 Å². The third-order valence-electron chi connectivity index (χ3n) is 3.27. The number of rotatable bonds is 2. The van der Waals surface area contributed by atoms with Crippen LogP contribution in [-0.4, -0.2) is 48.9 Å². The lowest BCUT2D eigenvalue weighted by Crippen LogP contribution is -2.34. The molecule has 1 atom stereocenters. The van der Waals surface area contributed by atoms with Gasteiger partial charge in [0.2, 0.25) is 0 Å². The number of likely N-dealkylation sites (tertiary alicyclic amines) is 1. The molecule has 2 rings (SSSR count). The Morgan fingerprint density at radius 1 is 1.47 bits per heavy atom. The molecule has 0 aromatic heterocycles. The number of carbonyl (C=O) groups is 1. The minimum atomic E-state index is 0.116. The monoisotopic (exact) mass is 250 g/mol. The van der Waals surface area contributed by atoms with Crippen LogP contribution in [0.5, 0.6) is 0 Å². The van der Waals surface area contributed by atoms with E-state index < -0.39 is 0 Å². The molecule has 1 aromatic rings. The normalized spacial score (nSPS) is 20.0. The molecular formula is C13H18N2OS. The molecule has 0 N–H and O–H groups in total. The van der Waals surface area contributed by atoms with Crippen LogP contribution in [0.15, 0.2) is 29.2 Å². The van der Waals surface area contributed by atoms with Crippen molar-refractivity contribution in [3.63, 3.8) is 0 Å². The third kappa shape index (κ3) is 2.82. The molecular weight excluding hydrogens is 232 g/mol. The van der Waals surface area contributed by atoms with Crippen LogP contribution < -0.4 is 0 Å². The van der Waals surface area contributed by atoms with Crippen molar-refractivity contribution in [3.8, 4) is 0 Å². The molecule has 1 aliphatic heterocycles. The molecule has 0 saturated carbocycles. The minimum Gasteiger partial charge on any atom is -0.337 e.